The SMILES string of the molecule is NCCOCCOCCNc1nc(NCc2ccccc2[N+](=O)[O-])nc(Oc2c(F)c(F)c(F)c(F)c2F)n1. The summed E-state index contributed by atoms with van der Waals surface area (Å²) in [5, 5.41) is 16.7. The Hall–Kier alpha value is -4.22. The summed E-state index contributed by atoms with van der Waals surface area (Å²) < 4.78 is 84.2. The van der Waals surface area contributed by atoms with Crippen LogP contribution in [0.2, 0.25) is 0 Å². The maximum atomic E-state index is 14.1. The van der Waals surface area contributed by atoms with Crippen molar-refractivity contribution < 1.29 is 41.1 Å². The first kappa shape index (κ1) is 29.3. The Balaban J connectivity index is 1.80. The summed E-state index contributed by atoms with van der Waals surface area (Å²) in [6.45, 7) is 1.40. The Bertz CT molecular complexity index is 1280. The van der Waals surface area contributed by atoms with Crippen molar-refractivity contribution in [1.29, 1.82) is 0 Å². The maximum absolute atomic E-state index is 14.1. The van der Waals surface area contributed by atoms with E-state index in [0.717, 1.165) is 0 Å². The molecule has 1 aromatic heterocycles. The molecule has 0 saturated carbocycles. The second-order valence-electron chi connectivity index (χ2n) is 7.45. The number of nitro groups is 1. The summed E-state index contributed by atoms with van der Waals surface area (Å²) in [4.78, 5) is 22.2. The summed E-state index contributed by atoms with van der Waals surface area (Å²) in [5.74, 6) is -13.4. The summed E-state index contributed by atoms with van der Waals surface area (Å²) in [6.07, 6.45) is 0. The van der Waals surface area contributed by atoms with Gasteiger partial charge in [0.15, 0.2) is 0 Å². The largest absolute Gasteiger partial charge is 0.418 e. The predicted octanol–water partition coefficient (Wildman–Crippen LogP) is 3.28. The van der Waals surface area contributed by atoms with Crippen LogP contribution < -0.4 is 21.1 Å². The number of halogens is 5. The number of nitrogens with zero attached hydrogens (tertiary/aromatic N) is 4. The van der Waals surface area contributed by atoms with E-state index in [1.807, 2.05) is 0 Å². The highest BCUT2D eigenvalue weighted by Crippen LogP contribution is 2.32. The standard InChI is InChI=1S/C22H22F5N7O5/c23-14-15(24)17(26)19(18(27)16(14)25)39-22-32-20(29-6-8-38-10-9-37-7-5-28)31-21(33-22)30-11-12-3-1-2-4-13(12)34(35)36/h1-4H,5-11,28H2,(H2,29,30,31,32,33). The van der Waals surface area contributed by atoms with Crippen LogP contribution in [0.4, 0.5) is 39.5 Å². The van der Waals surface area contributed by atoms with E-state index in [1.54, 1.807) is 6.07 Å². The molecule has 3 rings (SSSR count). The van der Waals surface area contributed by atoms with Crippen LogP contribution in [0.3, 0.4) is 0 Å². The molecule has 1 heterocycles. The minimum atomic E-state index is -2.37. The van der Waals surface area contributed by atoms with Crippen molar-refractivity contribution in [3.05, 3.63) is 69.0 Å². The number of rotatable bonds is 15. The molecule has 3 aromatic rings. The Morgan fingerprint density at radius 1 is 0.821 bits per heavy atom. The molecule has 0 radical (unpaired) electrons. The molecule has 0 amide bonds. The minimum absolute atomic E-state index is 0.118. The quantitative estimate of drug-likeness (QED) is 0.0626. The van der Waals surface area contributed by atoms with Gasteiger partial charge in [0.05, 0.1) is 31.4 Å². The van der Waals surface area contributed by atoms with E-state index in [0.29, 0.717) is 19.8 Å². The average Bonchev–Trinajstić information content (AvgIpc) is 2.93. The predicted molar refractivity (Wildman–Crippen MR) is 126 cm³/mol. The molecule has 0 saturated heterocycles. The number of ether oxygens (including phenoxy) is 3. The van der Waals surface area contributed by atoms with Crippen LogP contribution >= 0.6 is 0 Å². The van der Waals surface area contributed by atoms with Gasteiger partial charge in [-0.05, 0) is 0 Å². The Morgan fingerprint density at radius 2 is 1.41 bits per heavy atom. The normalized spacial score (nSPS) is 10.9. The third-order valence-electron chi connectivity index (χ3n) is 4.77. The lowest BCUT2D eigenvalue weighted by atomic mass is 10.2. The molecule has 0 bridgehead atoms. The zero-order valence-corrected chi connectivity index (χ0v) is 20.1. The topological polar surface area (TPSA) is 160 Å². The highest BCUT2D eigenvalue weighted by molar-refractivity contribution is 5.44. The highest BCUT2D eigenvalue weighted by Gasteiger charge is 2.28. The maximum Gasteiger partial charge on any atom is 0.328 e. The number of hydrogen-bond donors (Lipinski definition) is 3. The summed E-state index contributed by atoms with van der Waals surface area (Å²) in [6, 6.07) is 4.93. The monoisotopic (exact) mass is 559 g/mol. The van der Waals surface area contributed by atoms with Crippen LogP contribution in [0.25, 0.3) is 0 Å². The van der Waals surface area contributed by atoms with Gasteiger partial charge in [-0.15, -0.1) is 0 Å². The number of nitrogens with two attached hydrogens (primary N) is 1. The first-order valence-electron chi connectivity index (χ1n) is 11.2. The molecule has 0 fully saturated rings. The minimum Gasteiger partial charge on any atom is -0.418 e. The van der Waals surface area contributed by atoms with Crippen molar-refractivity contribution in [1.82, 2.24) is 15.0 Å². The smallest absolute Gasteiger partial charge is 0.328 e. The number of hydrogen-bond acceptors (Lipinski definition) is 11. The van der Waals surface area contributed by atoms with Crippen molar-refractivity contribution in [3.63, 3.8) is 0 Å². The lowest BCUT2D eigenvalue weighted by Crippen LogP contribution is -2.16. The van der Waals surface area contributed by atoms with Gasteiger partial charge in [-0.1, -0.05) is 18.2 Å². The molecule has 39 heavy (non-hydrogen) atoms. The molecule has 0 unspecified atom stereocenters. The van der Waals surface area contributed by atoms with Crippen molar-refractivity contribution in [2.75, 3.05) is 50.2 Å². The molecule has 0 aliphatic heterocycles. The second kappa shape index (κ2) is 14.1. The summed E-state index contributed by atoms with van der Waals surface area (Å²) >= 11 is 0. The van der Waals surface area contributed by atoms with Crippen LogP contribution in [0.15, 0.2) is 24.3 Å². The number of para-hydroxylation sites is 1. The number of aromatic nitrogens is 3. The van der Waals surface area contributed by atoms with Gasteiger partial charge in [0.2, 0.25) is 46.7 Å². The molecule has 0 spiro atoms. The number of anilines is 2. The van der Waals surface area contributed by atoms with E-state index in [2.05, 4.69) is 25.6 Å². The van der Waals surface area contributed by atoms with E-state index >= 15 is 0 Å². The first-order chi connectivity index (χ1) is 18.7. The molecule has 17 heteroatoms. The Labute approximate surface area is 217 Å². The zero-order chi connectivity index (χ0) is 28.4. The number of nitrogens with one attached hydrogen (secondary N) is 2. The van der Waals surface area contributed by atoms with Crippen molar-refractivity contribution in [3.8, 4) is 11.8 Å². The third kappa shape index (κ3) is 7.88. The van der Waals surface area contributed by atoms with Gasteiger partial charge in [-0.2, -0.15) is 23.7 Å². The summed E-state index contributed by atoms with van der Waals surface area (Å²) in [7, 11) is 0. The van der Waals surface area contributed by atoms with Crippen LogP contribution in [0.5, 0.6) is 11.8 Å². The van der Waals surface area contributed by atoms with Crippen molar-refractivity contribution >= 4 is 17.6 Å². The number of benzene rings is 2. The lowest BCUT2D eigenvalue weighted by Gasteiger charge is -2.12. The van der Waals surface area contributed by atoms with Crippen LogP contribution in [-0.2, 0) is 16.0 Å². The van der Waals surface area contributed by atoms with E-state index in [-0.39, 0.29) is 49.5 Å². The average molecular weight is 559 g/mol. The fourth-order valence-electron chi connectivity index (χ4n) is 2.98. The van der Waals surface area contributed by atoms with E-state index < -0.39 is 45.8 Å². The fraction of sp³-hybridized carbons (Fsp3) is 0.318. The molecular weight excluding hydrogens is 537 g/mol. The van der Waals surface area contributed by atoms with Gasteiger partial charge >= 0.3 is 6.01 Å². The molecule has 2 aromatic carbocycles. The lowest BCUT2D eigenvalue weighted by molar-refractivity contribution is -0.385. The highest BCUT2D eigenvalue weighted by atomic mass is 19.2. The second-order valence-corrected chi connectivity index (χ2v) is 7.45. The molecule has 210 valence electrons. The molecule has 0 aliphatic carbocycles. The van der Waals surface area contributed by atoms with E-state index in [9.17, 15) is 32.1 Å². The van der Waals surface area contributed by atoms with Gasteiger partial charge in [0, 0.05) is 31.3 Å². The Morgan fingerprint density at radius 3 is 2.05 bits per heavy atom. The van der Waals surface area contributed by atoms with Crippen LogP contribution in [0.1, 0.15) is 5.56 Å². The molecule has 0 atom stereocenters. The zero-order valence-electron chi connectivity index (χ0n) is 20.1. The molecule has 12 nitrogen and oxygen atoms in total. The number of nitro benzene ring substituents is 1. The molecular formula is C22H22F5N7O5. The fourth-order valence-corrected chi connectivity index (χ4v) is 2.98. The van der Waals surface area contributed by atoms with E-state index in [1.165, 1.54) is 18.2 Å². The molecule has 4 N–H and O–H groups in total. The van der Waals surface area contributed by atoms with Crippen LogP contribution in [0, 0.1) is 39.2 Å². The Kier molecular flexibility index (Phi) is 10.6. The van der Waals surface area contributed by atoms with Gasteiger partial charge in [0.1, 0.15) is 0 Å². The van der Waals surface area contributed by atoms with Gasteiger partial charge in [0.25, 0.3) is 5.69 Å². The van der Waals surface area contributed by atoms with Crippen molar-refractivity contribution in [2.45, 2.75) is 6.54 Å². The van der Waals surface area contributed by atoms with Crippen molar-refractivity contribution in [2.24, 2.45) is 5.73 Å². The summed E-state index contributed by atoms with van der Waals surface area (Å²) in [5.41, 5.74) is 5.34. The molecule has 0 aliphatic rings. The third-order valence-corrected chi connectivity index (χ3v) is 4.77. The first-order valence-corrected chi connectivity index (χ1v) is 11.2. The van der Waals surface area contributed by atoms with Gasteiger partial charge in [-0.3, -0.25) is 10.1 Å². The van der Waals surface area contributed by atoms with Gasteiger partial charge < -0.3 is 30.6 Å². The van der Waals surface area contributed by atoms with Gasteiger partial charge in [-0.25, -0.2) is 13.2 Å². The van der Waals surface area contributed by atoms with E-state index in [4.69, 9.17) is 19.9 Å². The van der Waals surface area contributed by atoms with Crippen LogP contribution in [-0.4, -0.2) is 59.4 Å².